The lowest BCUT2D eigenvalue weighted by Gasteiger charge is -2.33. The predicted octanol–water partition coefficient (Wildman–Crippen LogP) is 2.31. The summed E-state index contributed by atoms with van der Waals surface area (Å²) in [4.78, 5) is 46.3. The average Bonchev–Trinajstić information content (AvgIpc) is 3.50. The topological polar surface area (TPSA) is 129 Å². The van der Waals surface area contributed by atoms with Gasteiger partial charge >= 0.3 is 0 Å². The Balaban J connectivity index is 1.35. The first-order chi connectivity index (χ1) is 17.2. The molecule has 2 saturated heterocycles. The van der Waals surface area contributed by atoms with Crippen LogP contribution in [0.4, 0.5) is 5.69 Å². The van der Waals surface area contributed by atoms with Crippen molar-refractivity contribution in [3.05, 3.63) is 51.3 Å². The van der Waals surface area contributed by atoms with Crippen LogP contribution in [0.2, 0.25) is 4.34 Å². The summed E-state index contributed by atoms with van der Waals surface area (Å²) in [7, 11) is -3.89. The van der Waals surface area contributed by atoms with Crippen LogP contribution in [0, 0.1) is 0 Å². The fourth-order valence-corrected chi connectivity index (χ4v) is 6.34. The third-order valence-electron chi connectivity index (χ3n) is 5.97. The van der Waals surface area contributed by atoms with Crippen LogP contribution in [0.25, 0.3) is 6.08 Å². The number of likely N-dealkylation sites (tertiary alicyclic amines) is 2. The number of thiophene rings is 1. The number of aromatic nitrogens is 1. The van der Waals surface area contributed by atoms with Crippen LogP contribution in [0.5, 0.6) is 0 Å². The Kier molecular flexibility index (Phi) is 8.39. The number of rotatable bonds is 8. The Bertz CT molecular complexity index is 1250. The van der Waals surface area contributed by atoms with Crippen molar-refractivity contribution in [2.45, 2.75) is 37.8 Å². The lowest BCUT2D eigenvalue weighted by molar-refractivity contribution is -0.144. The molecule has 0 saturated carbocycles. The zero-order valence-electron chi connectivity index (χ0n) is 19.3. The van der Waals surface area contributed by atoms with E-state index in [1.165, 1.54) is 33.4 Å². The molecular formula is C23H26ClN5O5S2. The minimum atomic E-state index is -3.89. The molecule has 2 aromatic rings. The first kappa shape index (κ1) is 26.3. The third-order valence-corrected chi connectivity index (χ3v) is 8.28. The van der Waals surface area contributed by atoms with E-state index in [2.05, 4.69) is 15.0 Å². The fourth-order valence-electron chi connectivity index (χ4n) is 4.27. The number of hydrogen-bond acceptors (Lipinski definition) is 7. The van der Waals surface area contributed by atoms with Crippen molar-refractivity contribution in [2.24, 2.45) is 0 Å². The first-order valence-corrected chi connectivity index (χ1v) is 14.2. The molecule has 2 fully saturated rings. The normalized spacial score (nSPS) is 20.8. The molecule has 0 radical (unpaired) electrons. The van der Waals surface area contributed by atoms with E-state index in [1.54, 1.807) is 30.5 Å². The van der Waals surface area contributed by atoms with Gasteiger partial charge in [0.25, 0.3) is 0 Å². The fraction of sp³-hybridized carbons (Fsp3) is 0.391. The zero-order chi connectivity index (χ0) is 25.7. The molecule has 0 aromatic carbocycles. The number of pyridine rings is 1. The Morgan fingerprint density at radius 3 is 2.72 bits per heavy atom. The molecule has 2 aromatic heterocycles. The van der Waals surface area contributed by atoms with Crippen LogP contribution < -0.4 is 10.0 Å². The van der Waals surface area contributed by atoms with Crippen LogP contribution in [0.15, 0.2) is 42.1 Å². The SMILES string of the molecule is O=C(Nc1cccnc1)[C@H]1CCCN1C(=O)CN1CCC[C@H](NS(=O)(=O)/C=C/c2ccc(Cl)s2)C1=O. The summed E-state index contributed by atoms with van der Waals surface area (Å²) in [5.41, 5.74) is 0.541. The number of carbonyl (C=O) groups is 3. The second-order valence-corrected chi connectivity index (χ2v) is 11.9. The molecule has 4 rings (SSSR count). The van der Waals surface area contributed by atoms with Gasteiger partial charge in [0, 0.05) is 29.6 Å². The average molecular weight is 552 g/mol. The summed E-state index contributed by atoms with van der Waals surface area (Å²) in [6.07, 6.45) is 6.61. The second-order valence-electron chi connectivity index (χ2n) is 8.54. The first-order valence-electron chi connectivity index (χ1n) is 11.5. The molecule has 0 unspecified atom stereocenters. The van der Waals surface area contributed by atoms with Crippen molar-refractivity contribution in [2.75, 3.05) is 25.0 Å². The van der Waals surface area contributed by atoms with E-state index in [9.17, 15) is 22.8 Å². The summed E-state index contributed by atoms with van der Waals surface area (Å²) in [6, 6.07) is 5.18. The molecule has 2 N–H and O–H groups in total. The largest absolute Gasteiger partial charge is 0.332 e. The summed E-state index contributed by atoms with van der Waals surface area (Å²) < 4.78 is 28.0. The molecule has 10 nitrogen and oxygen atoms in total. The number of anilines is 1. The van der Waals surface area contributed by atoms with Gasteiger partial charge in [-0.2, -0.15) is 4.72 Å². The number of carbonyl (C=O) groups excluding carboxylic acids is 3. The molecule has 0 bridgehead atoms. The third kappa shape index (κ3) is 6.69. The lowest BCUT2D eigenvalue weighted by Crippen LogP contribution is -2.55. The highest BCUT2D eigenvalue weighted by Crippen LogP contribution is 2.23. The maximum Gasteiger partial charge on any atom is 0.247 e. The van der Waals surface area contributed by atoms with Gasteiger partial charge in [-0.25, -0.2) is 8.42 Å². The van der Waals surface area contributed by atoms with Crippen molar-refractivity contribution in [1.82, 2.24) is 19.5 Å². The van der Waals surface area contributed by atoms with Crippen LogP contribution >= 0.6 is 22.9 Å². The summed E-state index contributed by atoms with van der Waals surface area (Å²) in [5, 5.41) is 3.78. The van der Waals surface area contributed by atoms with Crippen molar-refractivity contribution >= 4 is 62.4 Å². The van der Waals surface area contributed by atoms with Gasteiger partial charge in [-0.05, 0) is 56.0 Å². The van der Waals surface area contributed by atoms with Crippen LogP contribution in [0.3, 0.4) is 0 Å². The Morgan fingerprint density at radius 2 is 2.00 bits per heavy atom. The van der Waals surface area contributed by atoms with Gasteiger partial charge in [0.1, 0.15) is 12.1 Å². The zero-order valence-corrected chi connectivity index (χ0v) is 21.7. The van der Waals surface area contributed by atoms with Gasteiger partial charge < -0.3 is 15.1 Å². The Hall–Kier alpha value is -2.80. The van der Waals surface area contributed by atoms with E-state index >= 15 is 0 Å². The maximum atomic E-state index is 13.1. The molecular weight excluding hydrogens is 526 g/mol. The highest BCUT2D eigenvalue weighted by atomic mass is 35.5. The molecule has 0 aliphatic carbocycles. The van der Waals surface area contributed by atoms with E-state index in [1.807, 2.05) is 0 Å². The highest BCUT2D eigenvalue weighted by molar-refractivity contribution is 7.92. The van der Waals surface area contributed by atoms with E-state index in [4.69, 9.17) is 11.6 Å². The number of nitrogens with one attached hydrogen (secondary N) is 2. The summed E-state index contributed by atoms with van der Waals surface area (Å²) in [6.45, 7) is 0.545. The van der Waals surface area contributed by atoms with E-state index in [-0.39, 0.29) is 18.4 Å². The van der Waals surface area contributed by atoms with Crippen molar-refractivity contribution < 1.29 is 22.8 Å². The number of amides is 3. The lowest BCUT2D eigenvalue weighted by atomic mass is 10.1. The van der Waals surface area contributed by atoms with Crippen molar-refractivity contribution in [3.8, 4) is 0 Å². The summed E-state index contributed by atoms with van der Waals surface area (Å²) >= 11 is 7.10. The van der Waals surface area contributed by atoms with E-state index in [0.29, 0.717) is 53.7 Å². The van der Waals surface area contributed by atoms with Crippen molar-refractivity contribution in [1.29, 1.82) is 0 Å². The molecule has 36 heavy (non-hydrogen) atoms. The maximum absolute atomic E-state index is 13.1. The van der Waals surface area contributed by atoms with Gasteiger partial charge in [-0.15, -0.1) is 11.3 Å². The summed E-state index contributed by atoms with van der Waals surface area (Å²) in [5.74, 6) is -1.10. The van der Waals surface area contributed by atoms with Crippen molar-refractivity contribution in [3.63, 3.8) is 0 Å². The smallest absolute Gasteiger partial charge is 0.247 e. The monoisotopic (exact) mass is 551 g/mol. The number of hydrogen-bond donors (Lipinski definition) is 2. The Morgan fingerprint density at radius 1 is 1.19 bits per heavy atom. The molecule has 2 aliphatic rings. The van der Waals surface area contributed by atoms with Crippen LogP contribution in [-0.2, 0) is 24.4 Å². The van der Waals surface area contributed by atoms with E-state index in [0.717, 1.165) is 5.41 Å². The Labute approximate surface area is 218 Å². The van der Waals surface area contributed by atoms with Crippen LogP contribution in [-0.4, -0.2) is 72.6 Å². The minimum Gasteiger partial charge on any atom is -0.332 e. The molecule has 4 heterocycles. The second kappa shape index (κ2) is 11.5. The number of halogens is 1. The van der Waals surface area contributed by atoms with Gasteiger partial charge in [0.05, 0.1) is 22.8 Å². The molecule has 13 heteroatoms. The van der Waals surface area contributed by atoms with Gasteiger partial charge in [-0.3, -0.25) is 19.4 Å². The molecule has 2 atom stereocenters. The minimum absolute atomic E-state index is 0.211. The van der Waals surface area contributed by atoms with Crippen LogP contribution in [0.1, 0.15) is 30.6 Å². The molecule has 3 amide bonds. The number of nitrogens with zero attached hydrogens (tertiary/aromatic N) is 3. The van der Waals surface area contributed by atoms with E-state index < -0.39 is 28.0 Å². The predicted molar refractivity (Wildman–Crippen MR) is 138 cm³/mol. The van der Waals surface area contributed by atoms with Gasteiger partial charge in [-0.1, -0.05) is 11.6 Å². The molecule has 0 spiro atoms. The number of sulfonamides is 1. The molecule has 192 valence electrons. The standard InChI is InChI=1S/C23H26ClN5O5S2/c24-20-8-7-17(35-20)9-13-36(33,34)27-18-5-2-11-28(23(18)32)15-21(30)29-12-3-6-19(29)22(31)26-16-4-1-10-25-14-16/h1,4,7-10,13-14,18-19,27H,2-3,5-6,11-12,15H2,(H,26,31)/b13-9+/t18-,19+/m0/s1. The van der Waals surface area contributed by atoms with Gasteiger partial charge in [0.2, 0.25) is 27.7 Å². The molecule has 2 aliphatic heterocycles. The number of piperidine rings is 1. The van der Waals surface area contributed by atoms with Gasteiger partial charge in [0.15, 0.2) is 0 Å². The highest BCUT2D eigenvalue weighted by Gasteiger charge is 2.37. The quantitative estimate of drug-likeness (QED) is 0.518.